The van der Waals surface area contributed by atoms with E-state index in [-0.39, 0.29) is 25.4 Å². The molecular formula is C17H17F2NO3. The molecule has 0 unspecified atom stereocenters. The van der Waals surface area contributed by atoms with Crippen molar-refractivity contribution in [3.63, 3.8) is 0 Å². The van der Waals surface area contributed by atoms with Crippen molar-refractivity contribution in [3.05, 3.63) is 65.7 Å². The number of aliphatic hydroxyl groups excluding tert-OH is 1. The molecule has 4 nitrogen and oxygen atoms in total. The minimum Gasteiger partial charge on any atom is -0.444 e. The fraction of sp³-hybridized carbons (Fsp3) is 0.235. The predicted molar refractivity (Wildman–Crippen MR) is 82.0 cm³/mol. The molecule has 0 fully saturated rings. The van der Waals surface area contributed by atoms with Crippen LogP contribution in [0, 0.1) is 11.6 Å². The standard InChI is InChI=1S/C17H17F2NO3/c18-15-8-7-14(11-16(15)19)20(9-4-10-21)17(22)23-12-13-5-2-1-3-6-13/h1-3,5-8,11,21H,4,9-10,12H2. The third-order valence-corrected chi connectivity index (χ3v) is 3.18. The summed E-state index contributed by atoms with van der Waals surface area (Å²) in [5.41, 5.74) is 0.989. The number of rotatable bonds is 6. The lowest BCUT2D eigenvalue weighted by Gasteiger charge is -2.22. The largest absolute Gasteiger partial charge is 0.444 e. The van der Waals surface area contributed by atoms with Gasteiger partial charge in [0.05, 0.1) is 5.69 Å². The van der Waals surface area contributed by atoms with Gasteiger partial charge in [0, 0.05) is 19.2 Å². The fourth-order valence-corrected chi connectivity index (χ4v) is 2.00. The molecule has 0 spiro atoms. The highest BCUT2D eigenvalue weighted by atomic mass is 19.2. The number of ether oxygens (including phenoxy) is 1. The molecule has 0 aliphatic heterocycles. The molecule has 23 heavy (non-hydrogen) atoms. The van der Waals surface area contributed by atoms with Gasteiger partial charge in [-0.1, -0.05) is 30.3 Å². The molecule has 2 rings (SSSR count). The van der Waals surface area contributed by atoms with E-state index in [4.69, 9.17) is 9.84 Å². The Morgan fingerprint density at radius 3 is 2.48 bits per heavy atom. The Bertz CT molecular complexity index is 650. The molecule has 0 aromatic heterocycles. The van der Waals surface area contributed by atoms with Crippen molar-refractivity contribution in [3.8, 4) is 0 Å². The first-order valence-electron chi connectivity index (χ1n) is 7.16. The fourth-order valence-electron chi connectivity index (χ4n) is 2.00. The predicted octanol–water partition coefficient (Wildman–Crippen LogP) is 3.49. The van der Waals surface area contributed by atoms with Crippen molar-refractivity contribution < 1.29 is 23.4 Å². The Morgan fingerprint density at radius 2 is 1.83 bits per heavy atom. The second-order valence-corrected chi connectivity index (χ2v) is 4.87. The van der Waals surface area contributed by atoms with Crippen LogP contribution in [0.15, 0.2) is 48.5 Å². The van der Waals surface area contributed by atoms with Gasteiger partial charge in [-0.2, -0.15) is 0 Å². The second kappa shape index (κ2) is 8.24. The van der Waals surface area contributed by atoms with Gasteiger partial charge in [-0.05, 0) is 24.1 Å². The summed E-state index contributed by atoms with van der Waals surface area (Å²) in [5.74, 6) is -2.04. The Morgan fingerprint density at radius 1 is 1.09 bits per heavy atom. The van der Waals surface area contributed by atoms with Crippen molar-refractivity contribution in [2.45, 2.75) is 13.0 Å². The number of halogens is 2. The highest BCUT2D eigenvalue weighted by Gasteiger charge is 2.18. The number of hydrogen-bond acceptors (Lipinski definition) is 3. The van der Waals surface area contributed by atoms with Gasteiger partial charge in [-0.15, -0.1) is 0 Å². The molecule has 0 aliphatic carbocycles. The zero-order valence-electron chi connectivity index (χ0n) is 12.4. The van der Waals surface area contributed by atoms with Gasteiger partial charge in [0.1, 0.15) is 6.61 Å². The van der Waals surface area contributed by atoms with Gasteiger partial charge in [-0.25, -0.2) is 13.6 Å². The SMILES string of the molecule is O=C(OCc1ccccc1)N(CCCO)c1ccc(F)c(F)c1. The van der Waals surface area contributed by atoms with Crippen LogP contribution >= 0.6 is 0 Å². The van der Waals surface area contributed by atoms with Gasteiger partial charge in [0.2, 0.25) is 0 Å². The van der Waals surface area contributed by atoms with E-state index in [1.54, 1.807) is 0 Å². The van der Waals surface area contributed by atoms with E-state index in [9.17, 15) is 13.6 Å². The zero-order valence-corrected chi connectivity index (χ0v) is 12.4. The summed E-state index contributed by atoms with van der Waals surface area (Å²) in [5, 5.41) is 8.94. The Kier molecular flexibility index (Phi) is 6.05. The highest BCUT2D eigenvalue weighted by Crippen LogP contribution is 2.19. The lowest BCUT2D eigenvalue weighted by molar-refractivity contribution is 0.146. The third-order valence-electron chi connectivity index (χ3n) is 3.18. The third kappa shape index (κ3) is 4.75. The average Bonchev–Trinajstić information content (AvgIpc) is 2.57. The normalized spacial score (nSPS) is 10.4. The maximum Gasteiger partial charge on any atom is 0.414 e. The van der Waals surface area contributed by atoms with E-state index >= 15 is 0 Å². The van der Waals surface area contributed by atoms with Gasteiger partial charge in [-0.3, -0.25) is 4.90 Å². The molecule has 0 radical (unpaired) electrons. The molecule has 0 bridgehead atoms. The Hall–Kier alpha value is -2.47. The van der Waals surface area contributed by atoms with Crippen LogP contribution in [0.3, 0.4) is 0 Å². The Labute approximate surface area is 132 Å². The number of hydrogen-bond donors (Lipinski definition) is 1. The van der Waals surface area contributed by atoms with E-state index in [2.05, 4.69) is 0 Å². The number of nitrogens with zero attached hydrogens (tertiary/aromatic N) is 1. The van der Waals surface area contributed by atoms with E-state index in [1.807, 2.05) is 30.3 Å². The quantitative estimate of drug-likeness (QED) is 0.886. The number of anilines is 1. The molecule has 0 saturated heterocycles. The van der Waals surface area contributed by atoms with Crippen LogP contribution in [0.2, 0.25) is 0 Å². The van der Waals surface area contributed by atoms with Crippen molar-refractivity contribution in [2.24, 2.45) is 0 Å². The topological polar surface area (TPSA) is 49.8 Å². The maximum absolute atomic E-state index is 13.4. The summed E-state index contributed by atoms with van der Waals surface area (Å²) in [6, 6.07) is 12.3. The van der Waals surface area contributed by atoms with Crippen LogP contribution in [-0.2, 0) is 11.3 Å². The molecule has 6 heteroatoms. The minimum absolute atomic E-state index is 0.0684. The van der Waals surface area contributed by atoms with Gasteiger partial charge in [0.25, 0.3) is 0 Å². The summed E-state index contributed by atoms with van der Waals surface area (Å²) >= 11 is 0. The number of carbonyl (C=O) groups excluding carboxylic acids is 1. The first-order valence-corrected chi connectivity index (χ1v) is 7.16. The maximum atomic E-state index is 13.4. The summed E-state index contributed by atoms with van der Waals surface area (Å²) in [7, 11) is 0. The lowest BCUT2D eigenvalue weighted by Crippen LogP contribution is -2.33. The number of carbonyl (C=O) groups is 1. The molecule has 0 aliphatic rings. The molecule has 0 atom stereocenters. The summed E-state index contributed by atoms with van der Waals surface area (Å²) in [6.45, 7) is 0.0698. The molecule has 1 amide bonds. The molecule has 0 saturated carbocycles. The number of amides is 1. The van der Waals surface area contributed by atoms with Crippen molar-refractivity contribution in [1.82, 2.24) is 0 Å². The highest BCUT2D eigenvalue weighted by molar-refractivity contribution is 5.87. The van der Waals surface area contributed by atoms with Crippen LogP contribution < -0.4 is 4.90 Å². The Balaban J connectivity index is 2.10. The van der Waals surface area contributed by atoms with E-state index < -0.39 is 17.7 Å². The lowest BCUT2D eigenvalue weighted by atomic mass is 10.2. The van der Waals surface area contributed by atoms with E-state index in [1.165, 1.54) is 11.0 Å². The number of benzene rings is 2. The second-order valence-electron chi connectivity index (χ2n) is 4.87. The molecule has 2 aromatic carbocycles. The monoisotopic (exact) mass is 321 g/mol. The van der Waals surface area contributed by atoms with Crippen LogP contribution in [0.4, 0.5) is 19.3 Å². The molecule has 1 N–H and O–H groups in total. The molecule has 2 aromatic rings. The van der Waals surface area contributed by atoms with Crippen LogP contribution in [0.1, 0.15) is 12.0 Å². The van der Waals surface area contributed by atoms with Gasteiger partial charge >= 0.3 is 6.09 Å². The van der Waals surface area contributed by atoms with Gasteiger partial charge in [0.15, 0.2) is 11.6 Å². The molecule has 0 heterocycles. The first-order chi connectivity index (χ1) is 11.1. The van der Waals surface area contributed by atoms with Crippen molar-refractivity contribution in [2.75, 3.05) is 18.1 Å². The van der Waals surface area contributed by atoms with Crippen LogP contribution in [0.5, 0.6) is 0 Å². The van der Waals surface area contributed by atoms with Crippen LogP contribution in [-0.4, -0.2) is 24.4 Å². The number of aliphatic hydroxyl groups is 1. The van der Waals surface area contributed by atoms with E-state index in [0.29, 0.717) is 6.42 Å². The van der Waals surface area contributed by atoms with Crippen molar-refractivity contribution >= 4 is 11.8 Å². The summed E-state index contributed by atoms with van der Waals surface area (Å²) in [6.07, 6.45) is -0.396. The summed E-state index contributed by atoms with van der Waals surface area (Å²) in [4.78, 5) is 13.4. The van der Waals surface area contributed by atoms with E-state index in [0.717, 1.165) is 17.7 Å². The van der Waals surface area contributed by atoms with Gasteiger partial charge < -0.3 is 9.84 Å². The zero-order chi connectivity index (χ0) is 16.7. The smallest absolute Gasteiger partial charge is 0.414 e. The average molecular weight is 321 g/mol. The first kappa shape index (κ1) is 16.9. The minimum atomic E-state index is -1.05. The van der Waals surface area contributed by atoms with Crippen LogP contribution in [0.25, 0.3) is 0 Å². The molecule has 122 valence electrons. The van der Waals surface area contributed by atoms with Crippen molar-refractivity contribution in [1.29, 1.82) is 0 Å². The molecular weight excluding hydrogens is 304 g/mol. The summed E-state index contributed by atoms with van der Waals surface area (Å²) < 4.78 is 31.6.